The van der Waals surface area contributed by atoms with E-state index in [0.717, 1.165) is 37.8 Å². The summed E-state index contributed by atoms with van der Waals surface area (Å²) in [6.07, 6.45) is -0.197. The molecule has 1 N–H and O–H groups in total. The number of carbonyl (C=O) groups is 1. The fraction of sp³-hybridized carbons (Fsp3) is 0.364. The minimum atomic E-state index is -4.46. The lowest BCUT2D eigenvalue weighted by molar-refractivity contribution is -0.138. The monoisotopic (exact) mass is 416 g/mol. The zero-order valence-corrected chi connectivity index (χ0v) is 16.5. The van der Waals surface area contributed by atoms with Crippen LogP contribution < -0.4 is 5.32 Å². The quantitative estimate of drug-likeness (QED) is 0.659. The summed E-state index contributed by atoms with van der Waals surface area (Å²) in [5, 5.41) is 2.58. The second-order valence-corrected chi connectivity index (χ2v) is 7.53. The minimum absolute atomic E-state index is 0.0330. The average Bonchev–Trinajstić information content (AvgIpc) is 3.39. The molecule has 2 aromatic carbocycles. The van der Waals surface area contributed by atoms with Crippen molar-refractivity contribution in [2.45, 2.75) is 32.1 Å². The van der Waals surface area contributed by atoms with Gasteiger partial charge in [-0.1, -0.05) is 18.2 Å². The first kappa shape index (κ1) is 20.4. The molecule has 2 heterocycles. The zero-order valence-electron chi connectivity index (χ0n) is 16.5. The molecule has 1 amide bonds. The van der Waals surface area contributed by atoms with Crippen LogP contribution in [-0.2, 0) is 19.3 Å². The Bertz CT molecular complexity index is 1040. The third kappa shape index (κ3) is 4.48. The summed E-state index contributed by atoms with van der Waals surface area (Å²) in [7, 11) is 0. The van der Waals surface area contributed by atoms with Crippen molar-refractivity contribution in [3.05, 3.63) is 65.5 Å². The van der Waals surface area contributed by atoms with E-state index < -0.39 is 17.6 Å². The number of rotatable bonds is 6. The minimum Gasteiger partial charge on any atom is -0.348 e. The maximum atomic E-state index is 13.1. The number of fused-ring (bicyclic) bond motifs is 1. The van der Waals surface area contributed by atoms with Crippen LogP contribution in [0.3, 0.4) is 0 Å². The Morgan fingerprint density at radius 3 is 2.60 bits per heavy atom. The van der Waals surface area contributed by atoms with Crippen LogP contribution in [0, 0.1) is 0 Å². The molecule has 158 valence electrons. The number of hydrogen-bond acceptors (Lipinski definition) is 3. The van der Waals surface area contributed by atoms with E-state index in [0.29, 0.717) is 11.1 Å². The Balaban J connectivity index is 1.43. The van der Waals surface area contributed by atoms with Crippen LogP contribution in [0.25, 0.3) is 11.0 Å². The molecule has 1 aliphatic rings. The number of amides is 1. The number of likely N-dealkylation sites (tertiary alicyclic amines) is 1. The number of halogens is 3. The number of benzene rings is 2. The molecule has 3 aromatic rings. The standard InChI is InChI=1S/C22H23F3N4O/c23-22(24,25)18-6-2-1-5-17(18)14-26-21(30)16-7-8-20-19(13-16)27-15-29(20)12-11-28-9-3-4-10-28/h1-2,5-8,13,15H,3-4,9-12,14H2,(H,26,30). The molecule has 4 rings (SSSR count). The van der Waals surface area contributed by atoms with Crippen molar-refractivity contribution in [3.63, 3.8) is 0 Å². The van der Waals surface area contributed by atoms with Gasteiger partial charge in [-0.15, -0.1) is 0 Å². The first-order valence-electron chi connectivity index (χ1n) is 10.0. The molecule has 1 fully saturated rings. The first-order chi connectivity index (χ1) is 14.4. The Labute approximate surface area is 172 Å². The summed E-state index contributed by atoms with van der Waals surface area (Å²) < 4.78 is 41.4. The van der Waals surface area contributed by atoms with Gasteiger partial charge in [0.25, 0.3) is 5.91 Å². The van der Waals surface area contributed by atoms with Gasteiger partial charge >= 0.3 is 6.18 Å². The van der Waals surface area contributed by atoms with Crippen LogP contribution in [0.15, 0.2) is 48.8 Å². The van der Waals surface area contributed by atoms with Crippen molar-refractivity contribution >= 4 is 16.9 Å². The highest BCUT2D eigenvalue weighted by Gasteiger charge is 2.32. The van der Waals surface area contributed by atoms with Gasteiger partial charge in [0.05, 0.1) is 22.9 Å². The van der Waals surface area contributed by atoms with Gasteiger partial charge in [-0.2, -0.15) is 13.2 Å². The number of nitrogens with zero attached hydrogens (tertiary/aromatic N) is 3. The molecular formula is C22H23F3N4O. The van der Waals surface area contributed by atoms with Crippen molar-refractivity contribution in [3.8, 4) is 0 Å². The number of aromatic nitrogens is 2. The molecule has 8 heteroatoms. The summed E-state index contributed by atoms with van der Waals surface area (Å²) in [4.78, 5) is 19.3. The molecule has 30 heavy (non-hydrogen) atoms. The molecule has 0 aliphatic carbocycles. The van der Waals surface area contributed by atoms with Crippen molar-refractivity contribution in [2.75, 3.05) is 19.6 Å². The Kier molecular flexibility index (Phi) is 5.76. The van der Waals surface area contributed by atoms with Crippen molar-refractivity contribution in [1.82, 2.24) is 19.8 Å². The van der Waals surface area contributed by atoms with E-state index in [1.807, 2.05) is 6.07 Å². The summed E-state index contributed by atoms with van der Waals surface area (Å²) in [6.45, 7) is 3.86. The second-order valence-electron chi connectivity index (χ2n) is 7.53. The third-order valence-corrected chi connectivity index (χ3v) is 5.50. The first-order valence-corrected chi connectivity index (χ1v) is 10.0. The molecule has 0 bridgehead atoms. The number of imidazole rings is 1. The van der Waals surface area contributed by atoms with Gasteiger partial charge in [0.2, 0.25) is 0 Å². The Morgan fingerprint density at radius 2 is 1.83 bits per heavy atom. The molecule has 5 nitrogen and oxygen atoms in total. The third-order valence-electron chi connectivity index (χ3n) is 5.50. The number of carbonyl (C=O) groups excluding carboxylic acids is 1. The topological polar surface area (TPSA) is 50.2 Å². The van der Waals surface area contributed by atoms with Gasteiger partial charge in [-0.05, 0) is 55.8 Å². The predicted molar refractivity (Wildman–Crippen MR) is 108 cm³/mol. The zero-order chi connectivity index (χ0) is 21.1. The maximum Gasteiger partial charge on any atom is 0.416 e. The number of nitrogens with one attached hydrogen (secondary N) is 1. The highest BCUT2D eigenvalue weighted by Crippen LogP contribution is 2.31. The Hall–Kier alpha value is -2.87. The summed E-state index contributed by atoms with van der Waals surface area (Å²) in [5.74, 6) is -0.430. The SMILES string of the molecule is O=C(NCc1ccccc1C(F)(F)F)c1ccc2c(c1)ncn2CCN1CCCC1. The molecular weight excluding hydrogens is 393 g/mol. The van der Waals surface area contributed by atoms with E-state index in [2.05, 4.69) is 19.8 Å². The van der Waals surface area contributed by atoms with Crippen LogP contribution in [-0.4, -0.2) is 40.0 Å². The van der Waals surface area contributed by atoms with Crippen LogP contribution in [0.4, 0.5) is 13.2 Å². The molecule has 0 unspecified atom stereocenters. The molecule has 0 spiro atoms. The predicted octanol–water partition coefficient (Wildman–Crippen LogP) is 4.08. The average molecular weight is 416 g/mol. The van der Waals surface area contributed by atoms with Crippen LogP contribution in [0.5, 0.6) is 0 Å². The van der Waals surface area contributed by atoms with E-state index in [4.69, 9.17) is 0 Å². The van der Waals surface area contributed by atoms with E-state index in [1.165, 1.54) is 31.0 Å². The van der Waals surface area contributed by atoms with Crippen molar-refractivity contribution < 1.29 is 18.0 Å². The number of alkyl halides is 3. The van der Waals surface area contributed by atoms with Gasteiger partial charge in [0, 0.05) is 25.2 Å². The molecule has 1 saturated heterocycles. The molecule has 0 atom stereocenters. The lowest BCUT2D eigenvalue weighted by atomic mass is 10.1. The highest BCUT2D eigenvalue weighted by atomic mass is 19.4. The van der Waals surface area contributed by atoms with Gasteiger partial charge in [0.15, 0.2) is 0 Å². The summed E-state index contributed by atoms with van der Waals surface area (Å²) in [5.41, 5.74) is 1.30. The smallest absolute Gasteiger partial charge is 0.348 e. The fourth-order valence-corrected chi connectivity index (χ4v) is 3.87. The highest BCUT2D eigenvalue weighted by molar-refractivity contribution is 5.97. The lowest BCUT2D eigenvalue weighted by Gasteiger charge is -2.15. The summed E-state index contributed by atoms with van der Waals surface area (Å²) >= 11 is 0. The van der Waals surface area contributed by atoms with E-state index in [1.54, 1.807) is 18.5 Å². The van der Waals surface area contributed by atoms with Gasteiger partial charge in [-0.25, -0.2) is 4.98 Å². The van der Waals surface area contributed by atoms with Gasteiger partial charge in [0.1, 0.15) is 0 Å². The van der Waals surface area contributed by atoms with Gasteiger partial charge < -0.3 is 14.8 Å². The Morgan fingerprint density at radius 1 is 1.07 bits per heavy atom. The van der Waals surface area contributed by atoms with Gasteiger partial charge in [-0.3, -0.25) is 4.79 Å². The van der Waals surface area contributed by atoms with Crippen molar-refractivity contribution in [1.29, 1.82) is 0 Å². The van der Waals surface area contributed by atoms with E-state index in [-0.39, 0.29) is 12.1 Å². The molecule has 0 saturated carbocycles. The molecule has 1 aliphatic heterocycles. The largest absolute Gasteiger partial charge is 0.416 e. The second kappa shape index (κ2) is 8.47. The van der Waals surface area contributed by atoms with E-state index >= 15 is 0 Å². The lowest BCUT2D eigenvalue weighted by Crippen LogP contribution is -2.24. The number of hydrogen-bond donors (Lipinski definition) is 1. The van der Waals surface area contributed by atoms with E-state index in [9.17, 15) is 18.0 Å². The normalized spacial score (nSPS) is 15.0. The maximum absolute atomic E-state index is 13.1. The summed E-state index contributed by atoms with van der Waals surface area (Å²) in [6, 6.07) is 10.4. The molecule has 0 radical (unpaired) electrons. The molecule has 1 aromatic heterocycles. The van der Waals surface area contributed by atoms with Crippen LogP contribution in [0.1, 0.15) is 34.3 Å². The van der Waals surface area contributed by atoms with Crippen molar-refractivity contribution in [2.24, 2.45) is 0 Å². The fourth-order valence-electron chi connectivity index (χ4n) is 3.87. The van der Waals surface area contributed by atoms with Crippen LogP contribution >= 0.6 is 0 Å². The van der Waals surface area contributed by atoms with Crippen LogP contribution in [0.2, 0.25) is 0 Å².